The normalized spacial score (nSPS) is 11.2. The maximum Gasteiger partial charge on any atom is 0.122 e. The second-order valence-electron chi connectivity index (χ2n) is 8.69. The summed E-state index contributed by atoms with van der Waals surface area (Å²) in [6, 6.07) is 38.1. The molecule has 5 aromatic rings. The SMILES string of the molecule is Cc1ccccc1OCCCCn1c(C(c2ccccc2)c2ccccc2)nc2ccccc21. The summed E-state index contributed by atoms with van der Waals surface area (Å²) in [5, 5.41) is 0. The van der Waals surface area contributed by atoms with Crippen LogP contribution < -0.4 is 4.74 Å². The van der Waals surface area contributed by atoms with Crippen molar-refractivity contribution < 1.29 is 4.74 Å². The number of hydrogen-bond acceptors (Lipinski definition) is 2. The van der Waals surface area contributed by atoms with Crippen molar-refractivity contribution in [3.8, 4) is 5.75 Å². The molecule has 0 saturated carbocycles. The number of fused-ring (bicyclic) bond motifs is 1. The summed E-state index contributed by atoms with van der Waals surface area (Å²) in [5.41, 5.74) is 5.93. The highest BCUT2D eigenvalue weighted by molar-refractivity contribution is 5.76. The van der Waals surface area contributed by atoms with Crippen LogP contribution in [0.1, 0.15) is 41.3 Å². The molecule has 0 fully saturated rings. The summed E-state index contributed by atoms with van der Waals surface area (Å²) in [6.45, 7) is 3.71. The molecule has 0 saturated heterocycles. The number of ether oxygens (including phenoxy) is 1. The van der Waals surface area contributed by atoms with Gasteiger partial charge in [-0.25, -0.2) is 4.98 Å². The van der Waals surface area contributed by atoms with E-state index in [1.54, 1.807) is 0 Å². The van der Waals surface area contributed by atoms with E-state index in [4.69, 9.17) is 9.72 Å². The number of rotatable bonds is 9. The molecule has 1 aromatic heterocycles. The van der Waals surface area contributed by atoms with Crippen molar-refractivity contribution in [3.63, 3.8) is 0 Å². The van der Waals surface area contributed by atoms with Gasteiger partial charge in [0, 0.05) is 6.54 Å². The Balaban J connectivity index is 1.42. The monoisotopic (exact) mass is 446 g/mol. The average molecular weight is 447 g/mol. The predicted octanol–water partition coefficient (Wildman–Crippen LogP) is 7.38. The second kappa shape index (κ2) is 10.4. The maximum absolute atomic E-state index is 6.04. The van der Waals surface area contributed by atoms with Crippen molar-refractivity contribution >= 4 is 11.0 Å². The first-order valence-corrected chi connectivity index (χ1v) is 12.0. The number of hydrogen-bond donors (Lipinski definition) is 0. The molecule has 5 rings (SSSR count). The van der Waals surface area contributed by atoms with Crippen molar-refractivity contribution in [2.45, 2.75) is 32.2 Å². The number of nitrogens with zero attached hydrogens (tertiary/aromatic N) is 2. The number of benzene rings is 4. The summed E-state index contributed by atoms with van der Waals surface area (Å²) >= 11 is 0. The zero-order valence-corrected chi connectivity index (χ0v) is 19.6. The van der Waals surface area contributed by atoms with Gasteiger partial charge in [-0.05, 0) is 54.7 Å². The molecule has 0 N–H and O–H groups in total. The van der Waals surface area contributed by atoms with E-state index in [9.17, 15) is 0 Å². The first kappa shape index (κ1) is 22.0. The third-order valence-corrected chi connectivity index (χ3v) is 6.34. The van der Waals surface area contributed by atoms with Gasteiger partial charge in [-0.15, -0.1) is 0 Å². The molecule has 0 aliphatic heterocycles. The molecule has 34 heavy (non-hydrogen) atoms. The minimum atomic E-state index is 0.0815. The lowest BCUT2D eigenvalue weighted by atomic mass is 9.90. The van der Waals surface area contributed by atoms with Gasteiger partial charge in [-0.1, -0.05) is 91.0 Å². The molecule has 0 unspecified atom stereocenters. The molecular weight excluding hydrogens is 416 g/mol. The largest absolute Gasteiger partial charge is 0.493 e. The molecule has 0 bridgehead atoms. The lowest BCUT2D eigenvalue weighted by Gasteiger charge is -2.20. The van der Waals surface area contributed by atoms with Gasteiger partial charge in [0.15, 0.2) is 0 Å². The van der Waals surface area contributed by atoms with E-state index in [0.717, 1.165) is 36.5 Å². The van der Waals surface area contributed by atoms with Crippen molar-refractivity contribution in [2.75, 3.05) is 6.61 Å². The van der Waals surface area contributed by atoms with Crippen molar-refractivity contribution in [1.82, 2.24) is 9.55 Å². The van der Waals surface area contributed by atoms with Gasteiger partial charge >= 0.3 is 0 Å². The van der Waals surface area contributed by atoms with E-state index in [1.165, 1.54) is 22.2 Å². The van der Waals surface area contributed by atoms with E-state index >= 15 is 0 Å². The minimum absolute atomic E-state index is 0.0815. The molecule has 0 aliphatic rings. The average Bonchev–Trinajstić information content (AvgIpc) is 3.24. The van der Waals surface area contributed by atoms with Crippen LogP contribution in [0.25, 0.3) is 11.0 Å². The Morgan fingerprint density at radius 3 is 2.03 bits per heavy atom. The van der Waals surface area contributed by atoms with Crippen molar-refractivity contribution in [1.29, 1.82) is 0 Å². The Labute approximate surface area is 201 Å². The number of imidazole rings is 1. The Kier molecular flexibility index (Phi) is 6.71. The Bertz CT molecular complexity index is 1300. The fourth-order valence-electron chi connectivity index (χ4n) is 4.60. The van der Waals surface area contributed by atoms with Gasteiger partial charge in [0.2, 0.25) is 0 Å². The van der Waals surface area contributed by atoms with Crippen LogP contribution in [0.2, 0.25) is 0 Å². The summed E-state index contributed by atoms with van der Waals surface area (Å²) in [7, 11) is 0. The first-order chi connectivity index (χ1) is 16.8. The molecule has 3 heteroatoms. The Morgan fingerprint density at radius 1 is 0.706 bits per heavy atom. The number of aromatic nitrogens is 2. The molecule has 0 amide bonds. The zero-order chi connectivity index (χ0) is 23.2. The second-order valence-corrected chi connectivity index (χ2v) is 8.69. The molecule has 0 spiro atoms. The smallest absolute Gasteiger partial charge is 0.122 e. The third kappa shape index (κ3) is 4.74. The first-order valence-electron chi connectivity index (χ1n) is 12.0. The third-order valence-electron chi connectivity index (χ3n) is 6.34. The summed E-state index contributed by atoms with van der Waals surface area (Å²) in [6.07, 6.45) is 2.01. The van der Waals surface area contributed by atoms with Crippen LogP contribution >= 0.6 is 0 Å². The lowest BCUT2D eigenvalue weighted by Crippen LogP contribution is -2.13. The van der Waals surface area contributed by atoms with Crippen LogP contribution in [0.15, 0.2) is 109 Å². The highest BCUT2D eigenvalue weighted by Crippen LogP contribution is 2.33. The summed E-state index contributed by atoms with van der Waals surface area (Å²) < 4.78 is 8.45. The summed E-state index contributed by atoms with van der Waals surface area (Å²) in [4.78, 5) is 5.16. The molecule has 1 heterocycles. The van der Waals surface area contributed by atoms with E-state index in [1.807, 2.05) is 18.2 Å². The topological polar surface area (TPSA) is 27.1 Å². The molecule has 170 valence electrons. The number of aryl methyl sites for hydroxylation is 2. The van der Waals surface area contributed by atoms with Crippen LogP contribution in [0.4, 0.5) is 0 Å². The van der Waals surface area contributed by atoms with Gasteiger partial charge in [0.1, 0.15) is 11.6 Å². The van der Waals surface area contributed by atoms with Crippen molar-refractivity contribution in [2.24, 2.45) is 0 Å². The fourth-order valence-corrected chi connectivity index (χ4v) is 4.60. The molecule has 4 aromatic carbocycles. The molecule has 0 aliphatic carbocycles. The van der Waals surface area contributed by atoms with E-state index in [2.05, 4.69) is 102 Å². The number of para-hydroxylation sites is 3. The van der Waals surface area contributed by atoms with Crippen LogP contribution in [0, 0.1) is 6.92 Å². The van der Waals surface area contributed by atoms with Crippen LogP contribution in [0.5, 0.6) is 5.75 Å². The van der Waals surface area contributed by atoms with Crippen LogP contribution in [0.3, 0.4) is 0 Å². The highest BCUT2D eigenvalue weighted by Gasteiger charge is 2.23. The van der Waals surface area contributed by atoms with Crippen molar-refractivity contribution in [3.05, 3.63) is 132 Å². The van der Waals surface area contributed by atoms with E-state index in [0.29, 0.717) is 6.61 Å². The molecule has 0 radical (unpaired) electrons. The van der Waals surface area contributed by atoms with Gasteiger partial charge in [-0.3, -0.25) is 0 Å². The quantitative estimate of drug-likeness (QED) is 0.221. The zero-order valence-electron chi connectivity index (χ0n) is 19.6. The van der Waals surface area contributed by atoms with Gasteiger partial charge < -0.3 is 9.30 Å². The van der Waals surface area contributed by atoms with Gasteiger partial charge in [0.05, 0.1) is 23.6 Å². The highest BCUT2D eigenvalue weighted by atomic mass is 16.5. The van der Waals surface area contributed by atoms with Gasteiger partial charge in [0.25, 0.3) is 0 Å². The Hall–Kier alpha value is -3.85. The molecule has 3 nitrogen and oxygen atoms in total. The Morgan fingerprint density at radius 2 is 1.32 bits per heavy atom. The minimum Gasteiger partial charge on any atom is -0.493 e. The molecular formula is C31H30N2O. The van der Waals surface area contributed by atoms with Gasteiger partial charge in [-0.2, -0.15) is 0 Å². The van der Waals surface area contributed by atoms with Crippen LogP contribution in [-0.2, 0) is 6.54 Å². The fraction of sp³-hybridized carbons (Fsp3) is 0.194. The van der Waals surface area contributed by atoms with E-state index < -0.39 is 0 Å². The van der Waals surface area contributed by atoms with E-state index in [-0.39, 0.29) is 5.92 Å². The molecule has 0 atom stereocenters. The maximum atomic E-state index is 6.04. The predicted molar refractivity (Wildman–Crippen MR) is 139 cm³/mol. The summed E-state index contributed by atoms with van der Waals surface area (Å²) in [5.74, 6) is 2.15. The van der Waals surface area contributed by atoms with Crippen LogP contribution in [-0.4, -0.2) is 16.2 Å². The standard InChI is InChI=1S/C31H30N2O/c1-24-14-8-11-21-29(24)34-23-13-12-22-33-28-20-10-9-19-27(28)32-31(33)30(25-15-4-2-5-16-25)26-17-6-3-7-18-26/h2-11,14-21,30H,12-13,22-23H2,1H3. The number of unbranched alkanes of at least 4 members (excludes halogenated alkanes) is 1. The lowest BCUT2D eigenvalue weighted by molar-refractivity contribution is 0.301.